The van der Waals surface area contributed by atoms with Crippen molar-refractivity contribution in [2.45, 2.75) is 38.5 Å². The molecule has 4 aliphatic rings. The molecule has 8 heteroatoms. The second kappa shape index (κ2) is 6.15. The van der Waals surface area contributed by atoms with Gasteiger partial charge in [0.2, 0.25) is 5.91 Å². The van der Waals surface area contributed by atoms with Crippen molar-refractivity contribution in [3.05, 3.63) is 11.8 Å². The van der Waals surface area contributed by atoms with Gasteiger partial charge < -0.3 is 19.4 Å². The van der Waals surface area contributed by atoms with Crippen LogP contribution in [0, 0.1) is 11.3 Å². The van der Waals surface area contributed by atoms with Crippen LogP contribution in [0.4, 0.5) is 11.5 Å². The minimum atomic E-state index is 0.0908. The molecule has 4 aliphatic heterocycles. The summed E-state index contributed by atoms with van der Waals surface area (Å²) in [5, 5.41) is 17.9. The average Bonchev–Trinajstić information content (AvgIpc) is 2.60. The fourth-order valence-corrected chi connectivity index (χ4v) is 3.97. The van der Waals surface area contributed by atoms with E-state index in [4.69, 9.17) is 4.74 Å². The van der Waals surface area contributed by atoms with Crippen LogP contribution < -0.4 is 9.80 Å². The standard InChI is InChI=1S/C17H22N6O2/c1-11-8-21(12(2)24)3-4-23(11)16-6-17(20-19-15(16)7-18)22-9-13-5-14(10-22)25-13/h6,11,13-14H,3-5,8-10H2,1-2H3. The second-order valence-electron chi connectivity index (χ2n) is 7.08. The number of rotatable bonds is 2. The van der Waals surface area contributed by atoms with Crippen LogP contribution in [0.3, 0.4) is 0 Å². The number of piperidine rings is 1. The highest BCUT2D eigenvalue weighted by atomic mass is 16.5. The van der Waals surface area contributed by atoms with Crippen molar-refractivity contribution in [2.24, 2.45) is 0 Å². The molecular weight excluding hydrogens is 320 g/mol. The van der Waals surface area contributed by atoms with Gasteiger partial charge in [0.1, 0.15) is 6.07 Å². The van der Waals surface area contributed by atoms with E-state index in [9.17, 15) is 10.1 Å². The number of amides is 1. The van der Waals surface area contributed by atoms with Gasteiger partial charge in [-0.1, -0.05) is 0 Å². The molecule has 0 radical (unpaired) electrons. The van der Waals surface area contributed by atoms with Gasteiger partial charge in [-0.25, -0.2) is 0 Å². The first kappa shape index (κ1) is 16.1. The van der Waals surface area contributed by atoms with E-state index in [1.165, 1.54) is 0 Å². The number of nitriles is 1. The highest BCUT2D eigenvalue weighted by Crippen LogP contribution is 2.32. The van der Waals surface area contributed by atoms with Crippen molar-refractivity contribution in [1.82, 2.24) is 15.1 Å². The van der Waals surface area contributed by atoms with E-state index in [1.54, 1.807) is 6.92 Å². The molecule has 0 N–H and O–H groups in total. The topological polar surface area (TPSA) is 85.6 Å². The Balaban J connectivity index is 1.59. The Morgan fingerprint density at radius 2 is 2.00 bits per heavy atom. The van der Waals surface area contributed by atoms with E-state index >= 15 is 0 Å². The average molecular weight is 342 g/mol. The molecule has 5 heterocycles. The molecular formula is C17H22N6O2. The van der Waals surface area contributed by atoms with Gasteiger partial charge in [0, 0.05) is 58.2 Å². The van der Waals surface area contributed by atoms with E-state index in [0.29, 0.717) is 25.3 Å². The van der Waals surface area contributed by atoms with E-state index < -0.39 is 0 Å². The van der Waals surface area contributed by atoms with Gasteiger partial charge >= 0.3 is 0 Å². The van der Waals surface area contributed by atoms with Gasteiger partial charge in [-0.05, 0) is 6.92 Å². The molecule has 0 aromatic carbocycles. The lowest BCUT2D eigenvalue weighted by Crippen LogP contribution is -2.57. The van der Waals surface area contributed by atoms with E-state index in [-0.39, 0.29) is 24.2 Å². The maximum Gasteiger partial charge on any atom is 0.219 e. The zero-order valence-electron chi connectivity index (χ0n) is 14.6. The highest BCUT2D eigenvalue weighted by Gasteiger charge is 2.39. The van der Waals surface area contributed by atoms with Crippen molar-refractivity contribution in [1.29, 1.82) is 5.26 Å². The van der Waals surface area contributed by atoms with Crippen LogP contribution in [0.1, 0.15) is 26.0 Å². The molecule has 1 aromatic heterocycles. The SMILES string of the molecule is CC(=O)N1CCN(c2cc(N3CC4CC(C3)O4)nnc2C#N)C(C)C1. The molecule has 3 unspecified atom stereocenters. The number of morpholine rings is 1. The predicted octanol–water partition coefficient (Wildman–Crippen LogP) is 0.383. The Bertz CT molecular complexity index is 716. The molecule has 0 spiro atoms. The number of anilines is 2. The number of ether oxygens (including phenoxy) is 1. The molecule has 1 aromatic rings. The van der Waals surface area contributed by atoms with Crippen LogP contribution in [0.15, 0.2) is 6.07 Å². The van der Waals surface area contributed by atoms with Gasteiger partial charge in [0.15, 0.2) is 11.5 Å². The van der Waals surface area contributed by atoms with Crippen LogP contribution in [0.2, 0.25) is 0 Å². The Morgan fingerprint density at radius 1 is 1.28 bits per heavy atom. The summed E-state index contributed by atoms with van der Waals surface area (Å²) in [6.07, 6.45) is 1.70. The zero-order chi connectivity index (χ0) is 17.6. The van der Waals surface area contributed by atoms with E-state index in [2.05, 4.69) is 33.0 Å². The third-order valence-corrected chi connectivity index (χ3v) is 5.33. The summed E-state index contributed by atoms with van der Waals surface area (Å²) in [7, 11) is 0. The predicted molar refractivity (Wildman–Crippen MR) is 91.3 cm³/mol. The summed E-state index contributed by atoms with van der Waals surface area (Å²) >= 11 is 0. The van der Waals surface area contributed by atoms with Gasteiger partial charge in [0.25, 0.3) is 0 Å². The number of carbonyl (C=O) groups is 1. The minimum absolute atomic E-state index is 0.0908. The number of fused-ring (bicyclic) bond motifs is 2. The third kappa shape index (κ3) is 2.89. The summed E-state index contributed by atoms with van der Waals surface area (Å²) < 4.78 is 5.68. The normalized spacial score (nSPS) is 28.4. The van der Waals surface area contributed by atoms with Crippen molar-refractivity contribution < 1.29 is 9.53 Å². The first-order valence-electron chi connectivity index (χ1n) is 8.75. The molecule has 2 bridgehead atoms. The molecule has 0 aliphatic carbocycles. The van der Waals surface area contributed by atoms with E-state index in [0.717, 1.165) is 31.0 Å². The van der Waals surface area contributed by atoms with Crippen LogP contribution >= 0.6 is 0 Å². The Hall–Kier alpha value is -2.40. The maximum atomic E-state index is 11.6. The fourth-order valence-electron chi connectivity index (χ4n) is 3.97. The Labute approximate surface area is 147 Å². The van der Waals surface area contributed by atoms with Gasteiger partial charge in [-0.2, -0.15) is 5.26 Å². The van der Waals surface area contributed by atoms with E-state index in [1.807, 2.05) is 11.0 Å². The second-order valence-corrected chi connectivity index (χ2v) is 7.08. The summed E-state index contributed by atoms with van der Waals surface area (Å²) in [5.74, 6) is 0.890. The first-order chi connectivity index (χ1) is 12.0. The monoisotopic (exact) mass is 342 g/mol. The molecule has 1 amide bonds. The molecule has 25 heavy (non-hydrogen) atoms. The minimum Gasteiger partial charge on any atom is -0.371 e. The smallest absolute Gasteiger partial charge is 0.219 e. The zero-order valence-corrected chi connectivity index (χ0v) is 14.6. The summed E-state index contributed by atoms with van der Waals surface area (Å²) in [6, 6.07) is 4.25. The third-order valence-electron chi connectivity index (χ3n) is 5.33. The van der Waals surface area contributed by atoms with Crippen LogP contribution in [-0.4, -0.2) is 72.0 Å². The lowest BCUT2D eigenvalue weighted by atomic mass is 9.99. The number of piperazine rings is 1. The summed E-state index contributed by atoms with van der Waals surface area (Å²) in [4.78, 5) is 17.8. The van der Waals surface area contributed by atoms with Crippen molar-refractivity contribution in [3.8, 4) is 6.07 Å². The molecule has 0 saturated carbocycles. The lowest BCUT2D eigenvalue weighted by molar-refractivity contribution is -0.133. The number of nitrogens with zero attached hydrogens (tertiary/aromatic N) is 6. The summed E-state index contributed by atoms with van der Waals surface area (Å²) in [5.41, 5.74) is 1.15. The molecule has 5 rings (SSSR count). The molecule has 3 atom stereocenters. The number of hydrogen-bond acceptors (Lipinski definition) is 7. The van der Waals surface area contributed by atoms with Crippen molar-refractivity contribution >= 4 is 17.4 Å². The fraction of sp³-hybridized carbons (Fsp3) is 0.647. The highest BCUT2D eigenvalue weighted by molar-refractivity contribution is 5.74. The number of aromatic nitrogens is 2. The first-order valence-corrected chi connectivity index (χ1v) is 8.75. The van der Waals surface area contributed by atoms with Crippen molar-refractivity contribution in [3.63, 3.8) is 0 Å². The van der Waals surface area contributed by atoms with Gasteiger partial charge in [-0.15, -0.1) is 10.2 Å². The van der Waals surface area contributed by atoms with Crippen LogP contribution in [0.25, 0.3) is 0 Å². The van der Waals surface area contributed by atoms with Gasteiger partial charge in [0.05, 0.1) is 17.9 Å². The Kier molecular flexibility index (Phi) is 3.96. The molecule has 8 nitrogen and oxygen atoms in total. The van der Waals surface area contributed by atoms with Crippen LogP contribution in [0.5, 0.6) is 0 Å². The number of hydrogen-bond donors (Lipinski definition) is 0. The molecule has 4 fully saturated rings. The van der Waals surface area contributed by atoms with Gasteiger partial charge in [-0.3, -0.25) is 4.79 Å². The summed E-state index contributed by atoms with van der Waals surface area (Å²) in [6.45, 7) is 7.31. The molecule has 4 saturated heterocycles. The quantitative estimate of drug-likeness (QED) is 0.768. The maximum absolute atomic E-state index is 11.6. The molecule has 132 valence electrons. The Morgan fingerprint density at radius 3 is 2.60 bits per heavy atom. The number of carbonyl (C=O) groups excluding carboxylic acids is 1. The largest absolute Gasteiger partial charge is 0.371 e. The van der Waals surface area contributed by atoms with Crippen molar-refractivity contribution in [2.75, 3.05) is 42.5 Å². The van der Waals surface area contributed by atoms with Crippen LogP contribution in [-0.2, 0) is 9.53 Å². The lowest BCUT2D eigenvalue weighted by Gasteiger charge is -2.47.